The van der Waals surface area contributed by atoms with Crippen LogP contribution in [0.2, 0.25) is 0 Å². The van der Waals surface area contributed by atoms with Crippen LogP contribution in [0.5, 0.6) is 0 Å². The number of hydrogen-bond donors (Lipinski definition) is 0. The predicted molar refractivity (Wildman–Crippen MR) is 45.8 cm³/mol. The summed E-state index contributed by atoms with van der Waals surface area (Å²) in [7, 11) is 0. The van der Waals surface area contributed by atoms with Gasteiger partial charge >= 0.3 is 74.0 Å². The summed E-state index contributed by atoms with van der Waals surface area (Å²) in [6, 6.07) is 0. The number of aryl methyl sites for hydroxylation is 1. The minimum atomic E-state index is 0.496. The fraction of sp³-hybridized carbons (Fsp3) is 0.429. The van der Waals surface area contributed by atoms with Crippen molar-refractivity contribution in [3.63, 3.8) is 0 Å². The van der Waals surface area contributed by atoms with Crippen LogP contribution in [0.15, 0.2) is 0 Å². The number of rotatable bonds is 0. The van der Waals surface area contributed by atoms with Gasteiger partial charge in [0.05, 0.1) is 0 Å². The molecule has 0 aliphatic heterocycles. The SMILES string of the molecule is Cc1nn[c]([SnH3])c(C)c1C. The molecule has 0 saturated carbocycles. The van der Waals surface area contributed by atoms with E-state index in [0.717, 1.165) is 5.69 Å². The van der Waals surface area contributed by atoms with E-state index in [1.807, 2.05) is 6.92 Å². The summed E-state index contributed by atoms with van der Waals surface area (Å²) in [5, 5.41) is 8.12. The molecule has 0 radical (unpaired) electrons. The maximum atomic E-state index is 4.08. The maximum absolute atomic E-state index is 4.08. The van der Waals surface area contributed by atoms with E-state index in [2.05, 4.69) is 24.0 Å². The van der Waals surface area contributed by atoms with Gasteiger partial charge in [0.1, 0.15) is 0 Å². The Bertz CT molecular complexity index is 231. The quantitative estimate of drug-likeness (QED) is 0.568. The van der Waals surface area contributed by atoms with Crippen LogP contribution in [0, 0.1) is 20.8 Å². The Morgan fingerprint density at radius 1 is 1.00 bits per heavy atom. The van der Waals surface area contributed by atoms with Gasteiger partial charge in [-0.05, 0) is 0 Å². The molecular weight excluding hydrogens is 231 g/mol. The summed E-state index contributed by atoms with van der Waals surface area (Å²) >= 11 is 0.496. The fourth-order valence-corrected chi connectivity index (χ4v) is 2.20. The molecule has 0 N–H and O–H groups in total. The standard InChI is InChI=1S/C7H9N2.Sn.3H/c1-5-4-8-9-7(3)6(5)2;;;;/h1-3H3;;;;. The van der Waals surface area contributed by atoms with Crippen molar-refractivity contribution >= 4 is 26.2 Å². The monoisotopic (exact) mass is 244 g/mol. The van der Waals surface area contributed by atoms with Crippen LogP contribution in [0.4, 0.5) is 0 Å². The van der Waals surface area contributed by atoms with Crippen molar-refractivity contribution in [2.24, 2.45) is 0 Å². The first-order valence-corrected chi connectivity index (χ1v) is 6.25. The molecule has 0 saturated heterocycles. The van der Waals surface area contributed by atoms with Crippen molar-refractivity contribution in [2.45, 2.75) is 20.8 Å². The Morgan fingerprint density at radius 3 is 2.10 bits per heavy atom. The van der Waals surface area contributed by atoms with Gasteiger partial charge in [0.25, 0.3) is 0 Å². The van der Waals surface area contributed by atoms with Crippen molar-refractivity contribution < 1.29 is 0 Å². The molecule has 0 aromatic carbocycles. The second kappa shape index (κ2) is 2.86. The molecule has 1 heterocycles. The first kappa shape index (κ1) is 7.98. The van der Waals surface area contributed by atoms with Gasteiger partial charge in [0, 0.05) is 0 Å². The Labute approximate surface area is 74.1 Å². The summed E-state index contributed by atoms with van der Waals surface area (Å²) in [6.45, 7) is 6.24. The van der Waals surface area contributed by atoms with Crippen molar-refractivity contribution in [2.75, 3.05) is 0 Å². The molecule has 0 unspecified atom stereocenters. The molecule has 1 aromatic heterocycles. The van der Waals surface area contributed by atoms with E-state index in [9.17, 15) is 0 Å². The van der Waals surface area contributed by atoms with Gasteiger partial charge in [-0.15, -0.1) is 0 Å². The third-order valence-corrected chi connectivity index (χ3v) is 4.71. The van der Waals surface area contributed by atoms with Gasteiger partial charge in [-0.2, -0.15) is 0 Å². The zero-order valence-corrected chi connectivity index (χ0v) is 12.6. The first-order valence-electron chi connectivity index (χ1n) is 3.40. The van der Waals surface area contributed by atoms with Crippen molar-refractivity contribution in [1.29, 1.82) is 0 Å². The fourth-order valence-electron chi connectivity index (χ4n) is 0.843. The van der Waals surface area contributed by atoms with Gasteiger partial charge in [0.15, 0.2) is 0 Å². The van der Waals surface area contributed by atoms with Gasteiger partial charge in [0.2, 0.25) is 0 Å². The molecule has 0 aliphatic carbocycles. The summed E-state index contributed by atoms with van der Waals surface area (Å²) in [6.07, 6.45) is 0. The van der Waals surface area contributed by atoms with Crippen molar-refractivity contribution in [1.82, 2.24) is 10.2 Å². The van der Waals surface area contributed by atoms with Crippen LogP contribution in [0.25, 0.3) is 0 Å². The molecule has 10 heavy (non-hydrogen) atoms. The molecule has 0 fully saturated rings. The van der Waals surface area contributed by atoms with E-state index in [1.54, 1.807) is 0 Å². The summed E-state index contributed by atoms with van der Waals surface area (Å²) in [4.78, 5) is 0. The van der Waals surface area contributed by atoms with E-state index in [-0.39, 0.29) is 0 Å². The van der Waals surface area contributed by atoms with E-state index in [4.69, 9.17) is 0 Å². The molecule has 1 rings (SSSR count). The summed E-state index contributed by atoms with van der Waals surface area (Å²) in [5.41, 5.74) is 3.72. The third-order valence-electron chi connectivity index (χ3n) is 2.00. The second-order valence-corrected chi connectivity index (χ2v) is 5.32. The van der Waals surface area contributed by atoms with E-state index < -0.39 is 0 Å². The second-order valence-electron chi connectivity index (χ2n) is 2.62. The average Bonchev–Trinajstić information content (AvgIpc) is 1.93. The summed E-state index contributed by atoms with van der Waals surface area (Å²) in [5.74, 6) is 0. The van der Waals surface area contributed by atoms with E-state index in [1.165, 1.54) is 14.8 Å². The van der Waals surface area contributed by atoms with Crippen LogP contribution in [0.1, 0.15) is 16.8 Å². The number of aromatic nitrogens is 2. The topological polar surface area (TPSA) is 25.8 Å². The molecule has 0 aliphatic rings. The zero-order valence-electron chi connectivity index (χ0n) is 6.89. The van der Waals surface area contributed by atoms with Crippen LogP contribution in [-0.4, -0.2) is 32.7 Å². The van der Waals surface area contributed by atoms with Crippen molar-refractivity contribution in [3.05, 3.63) is 16.8 Å². The molecule has 1 aromatic rings. The Balaban J connectivity index is 3.34. The van der Waals surface area contributed by atoms with Crippen LogP contribution in [-0.2, 0) is 0 Å². The van der Waals surface area contributed by atoms with Crippen LogP contribution < -0.4 is 3.71 Å². The molecule has 0 atom stereocenters. The zero-order chi connectivity index (χ0) is 7.72. The molecule has 0 amide bonds. The summed E-state index contributed by atoms with van der Waals surface area (Å²) < 4.78 is 1.24. The molecule has 0 bridgehead atoms. The van der Waals surface area contributed by atoms with Gasteiger partial charge in [-0.25, -0.2) is 0 Å². The van der Waals surface area contributed by atoms with E-state index in [0.29, 0.717) is 22.5 Å². The Kier molecular flexibility index (Phi) is 2.28. The molecule has 0 spiro atoms. The van der Waals surface area contributed by atoms with Gasteiger partial charge in [-0.3, -0.25) is 0 Å². The van der Waals surface area contributed by atoms with Gasteiger partial charge < -0.3 is 0 Å². The average molecular weight is 243 g/mol. The normalized spacial score (nSPS) is 10.3. The molecule has 3 heteroatoms. The molecular formula is C7H12N2Sn. The van der Waals surface area contributed by atoms with Crippen molar-refractivity contribution in [3.8, 4) is 0 Å². The Morgan fingerprint density at radius 2 is 1.60 bits per heavy atom. The van der Waals surface area contributed by atoms with E-state index >= 15 is 0 Å². The molecule has 54 valence electrons. The van der Waals surface area contributed by atoms with Crippen LogP contribution >= 0.6 is 0 Å². The third kappa shape index (κ3) is 1.31. The number of hydrogen-bond acceptors (Lipinski definition) is 2. The van der Waals surface area contributed by atoms with Gasteiger partial charge in [-0.1, -0.05) is 0 Å². The minimum absolute atomic E-state index is 0.496. The van der Waals surface area contributed by atoms with Crippen LogP contribution in [0.3, 0.4) is 0 Å². The first-order chi connectivity index (χ1) is 4.63. The number of nitrogens with zero attached hydrogens (tertiary/aromatic N) is 2. The molecule has 2 nitrogen and oxygen atoms in total. The Hall–Kier alpha value is -0.121. The predicted octanol–water partition coefficient (Wildman–Crippen LogP) is -0.607.